The molecule has 1 atom stereocenters. The van der Waals surface area contributed by atoms with Crippen molar-refractivity contribution < 1.29 is 9.66 Å². The van der Waals surface area contributed by atoms with Gasteiger partial charge in [0.25, 0.3) is 5.69 Å². The molecule has 0 heterocycles. The number of hydrogen-bond donors (Lipinski definition) is 1. The molecule has 21 heavy (non-hydrogen) atoms. The van der Waals surface area contributed by atoms with Crippen LogP contribution in [-0.4, -0.2) is 12.0 Å². The van der Waals surface area contributed by atoms with Crippen LogP contribution in [0.25, 0.3) is 0 Å². The summed E-state index contributed by atoms with van der Waals surface area (Å²) in [6.07, 6.45) is 0. The number of nitro groups is 1. The first-order valence-corrected chi connectivity index (χ1v) is 6.78. The molecule has 0 aliphatic heterocycles. The van der Waals surface area contributed by atoms with Gasteiger partial charge >= 0.3 is 0 Å². The predicted octanol–water partition coefficient (Wildman–Crippen LogP) is 4.32. The molecule has 110 valence electrons. The van der Waals surface area contributed by atoms with Crippen molar-refractivity contribution in [3.8, 4) is 11.5 Å². The second kappa shape index (κ2) is 6.56. The lowest BCUT2D eigenvalue weighted by atomic mass is 10.1. The summed E-state index contributed by atoms with van der Waals surface area (Å²) in [6.45, 7) is 2.05. The van der Waals surface area contributed by atoms with E-state index in [2.05, 4.69) is 5.32 Å². The third-order valence-corrected chi connectivity index (χ3v) is 3.48. The van der Waals surface area contributed by atoms with Crippen LogP contribution in [0.2, 0.25) is 5.02 Å². The van der Waals surface area contributed by atoms with Crippen molar-refractivity contribution in [3.63, 3.8) is 0 Å². The number of non-ortho nitro benzene ring substituents is 1. The Morgan fingerprint density at radius 2 is 1.90 bits per heavy atom. The summed E-state index contributed by atoms with van der Waals surface area (Å²) in [5, 5.41) is 14.2. The predicted molar refractivity (Wildman–Crippen MR) is 82.1 cm³/mol. The highest BCUT2D eigenvalue weighted by Gasteiger charge is 2.11. The molecule has 2 aromatic carbocycles. The van der Waals surface area contributed by atoms with Crippen molar-refractivity contribution in [3.05, 3.63) is 63.2 Å². The van der Waals surface area contributed by atoms with Crippen LogP contribution in [0.5, 0.6) is 11.5 Å². The Balaban J connectivity index is 2.22. The van der Waals surface area contributed by atoms with Crippen LogP contribution in [0.15, 0.2) is 42.5 Å². The minimum atomic E-state index is -0.485. The molecule has 0 spiro atoms. The molecule has 0 aromatic heterocycles. The van der Waals surface area contributed by atoms with Crippen LogP contribution >= 0.6 is 11.6 Å². The molecule has 2 rings (SSSR count). The minimum Gasteiger partial charge on any atom is -0.456 e. The lowest BCUT2D eigenvalue weighted by Gasteiger charge is -2.12. The Morgan fingerprint density at radius 3 is 2.48 bits per heavy atom. The summed E-state index contributed by atoms with van der Waals surface area (Å²) in [6, 6.07) is 11.8. The Morgan fingerprint density at radius 1 is 1.24 bits per heavy atom. The molecule has 0 fully saturated rings. The highest BCUT2D eigenvalue weighted by molar-refractivity contribution is 6.32. The third kappa shape index (κ3) is 3.71. The Bertz CT molecular complexity index is 644. The molecule has 1 unspecified atom stereocenters. The van der Waals surface area contributed by atoms with Gasteiger partial charge in [-0.25, -0.2) is 0 Å². The molecule has 0 amide bonds. The van der Waals surface area contributed by atoms with Crippen LogP contribution < -0.4 is 10.1 Å². The van der Waals surface area contributed by atoms with Gasteiger partial charge < -0.3 is 10.1 Å². The van der Waals surface area contributed by atoms with Crippen LogP contribution in [0.4, 0.5) is 5.69 Å². The van der Waals surface area contributed by atoms with Crippen molar-refractivity contribution in [1.29, 1.82) is 0 Å². The van der Waals surface area contributed by atoms with Gasteiger partial charge in [0, 0.05) is 12.1 Å². The van der Waals surface area contributed by atoms with Gasteiger partial charge in [0.05, 0.1) is 16.0 Å². The summed E-state index contributed by atoms with van der Waals surface area (Å²) in [4.78, 5) is 10.3. The van der Waals surface area contributed by atoms with Gasteiger partial charge in [0.2, 0.25) is 0 Å². The topological polar surface area (TPSA) is 64.4 Å². The largest absolute Gasteiger partial charge is 0.456 e. The lowest BCUT2D eigenvalue weighted by Crippen LogP contribution is -2.11. The van der Waals surface area contributed by atoms with E-state index >= 15 is 0 Å². The molecule has 0 aliphatic carbocycles. The zero-order valence-electron chi connectivity index (χ0n) is 11.7. The fraction of sp³-hybridized carbons (Fsp3) is 0.200. The van der Waals surface area contributed by atoms with E-state index < -0.39 is 4.92 Å². The molecular weight excluding hydrogens is 292 g/mol. The first-order chi connectivity index (χ1) is 10.0. The van der Waals surface area contributed by atoms with Gasteiger partial charge in [0.1, 0.15) is 5.75 Å². The standard InChI is InChI=1S/C15H15ClN2O3/c1-10(17-2)11-3-6-13(7-4-11)21-15-9-12(18(19)20)5-8-14(15)16/h3-10,17H,1-2H3. The zero-order valence-corrected chi connectivity index (χ0v) is 12.4. The summed E-state index contributed by atoms with van der Waals surface area (Å²) >= 11 is 6.00. The van der Waals surface area contributed by atoms with Crippen molar-refractivity contribution in [2.75, 3.05) is 7.05 Å². The van der Waals surface area contributed by atoms with Crippen molar-refractivity contribution >= 4 is 17.3 Å². The fourth-order valence-corrected chi connectivity index (χ4v) is 1.96. The van der Waals surface area contributed by atoms with E-state index in [1.807, 2.05) is 26.1 Å². The van der Waals surface area contributed by atoms with E-state index in [4.69, 9.17) is 16.3 Å². The smallest absolute Gasteiger partial charge is 0.273 e. The molecule has 0 radical (unpaired) electrons. The first kappa shape index (κ1) is 15.3. The second-order valence-electron chi connectivity index (χ2n) is 4.55. The Hall–Kier alpha value is -2.11. The maximum absolute atomic E-state index is 10.8. The number of nitrogens with one attached hydrogen (secondary N) is 1. The van der Waals surface area contributed by atoms with Crippen LogP contribution in [0.1, 0.15) is 18.5 Å². The quantitative estimate of drug-likeness (QED) is 0.660. The van der Waals surface area contributed by atoms with Gasteiger partial charge in [-0.15, -0.1) is 0 Å². The van der Waals surface area contributed by atoms with Crippen molar-refractivity contribution in [2.45, 2.75) is 13.0 Å². The number of halogens is 1. The van der Waals surface area contributed by atoms with E-state index in [-0.39, 0.29) is 17.5 Å². The van der Waals surface area contributed by atoms with Crippen LogP contribution in [-0.2, 0) is 0 Å². The fourth-order valence-electron chi connectivity index (χ4n) is 1.80. The van der Waals surface area contributed by atoms with E-state index in [9.17, 15) is 10.1 Å². The summed E-state index contributed by atoms with van der Waals surface area (Å²) in [5.74, 6) is 0.838. The highest BCUT2D eigenvalue weighted by Crippen LogP contribution is 2.33. The molecule has 1 N–H and O–H groups in total. The lowest BCUT2D eigenvalue weighted by molar-refractivity contribution is -0.384. The molecule has 2 aromatic rings. The maximum atomic E-state index is 10.8. The zero-order chi connectivity index (χ0) is 15.4. The number of ether oxygens (including phenoxy) is 1. The minimum absolute atomic E-state index is 0.0603. The van der Waals surface area contributed by atoms with Crippen molar-refractivity contribution in [2.24, 2.45) is 0 Å². The van der Waals surface area contributed by atoms with Crippen molar-refractivity contribution in [1.82, 2.24) is 5.32 Å². The molecular formula is C15H15ClN2O3. The highest BCUT2D eigenvalue weighted by atomic mass is 35.5. The van der Waals surface area contributed by atoms with Gasteiger partial charge in [-0.2, -0.15) is 0 Å². The molecule has 0 saturated carbocycles. The second-order valence-corrected chi connectivity index (χ2v) is 4.96. The molecule has 0 saturated heterocycles. The molecule has 5 nitrogen and oxygen atoms in total. The van der Waals surface area contributed by atoms with Crippen LogP contribution in [0.3, 0.4) is 0 Å². The van der Waals surface area contributed by atoms with E-state index in [1.54, 1.807) is 12.1 Å². The molecule has 0 aliphatic rings. The SMILES string of the molecule is CNC(C)c1ccc(Oc2cc([N+](=O)[O-])ccc2Cl)cc1. The number of hydrogen-bond acceptors (Lipinski definition) is 4. The third-order valence-electron chi connectivity index (χ3n) is 3.17. The summed E-state index contributed by atoms with van der Waals surface area (Å²) < 4.78 is 5.61. The monoisotopic (exact) mass is 306 g/mol. The van der Waals surface area contributed by atoms with Gasteiger partial charge in [-0.3, -0.25) is 10.1 Å². The van der Waals surface area contributed by atoms with E-state index in [0.29, 0.717) is 10.8 Å². The number of nitro benzene ring substituents is 1. The molecule has 0 bridgehead atoms. The van der Waals surface area contributed by atoms with Gasteiger partial charge in [-0.1, -0.05) is 23.7 Å². The summed E-state index contributed by atoms with van der Waals surface area (Å²) in [5.41, 5.74) is 1.06. The average molecular weight is 307 g/mol. The normalized spacial score (nSPS) is 12.0. The number of benzene rings is 2. The average Bonchev–Trinajstić information content (AvgIpc) is 2.49. The van der Waals surface area contributed by atoms with E-state index in [1.165, 1.54) is 18.2 Å². The maximum Gasteiger partial charge on any atom is 0.273 e. The Kier molecular flexibility index (Phi) is 4.77. The Labute approximate surface area is 127 Å². The first-order valence-electron chi connectivity index (χ1n) is 6.40. The van der Waals surface area contributed by atoms with Gasteiger partial charge in [0.15, 0.2) is 5.75 Å². The number of nitrogens with zero attached hydrogens (tertiary/aromatic N) is 1. The molecule has 6 heteroatoms. The number of rotatable bonds is 5. The van der Waals surface area contributed by atoms with Crippen LogP contribution in [0, 0.1) is 10.1 Å². The van der Waals surface area contributed by atoms with Gasteiger partial charge in [-0.05, 0) is 37.7 Å². The summed E-state index contributed by atoms with van der Waals surface area (Å²) in [7, 11) is 1.89. The van der Waals surface area contributed by atoms with E-state index in [0.717, 1.165) is 5.56 Å².